The van der Waals surface area contributed by atoms with Crippen LogP contribution in [0.15, 0.2) is 21.8 Å². The molecule has 3 atom stereocenters. The van der Waals surface area contributed by atoms with E-state index in [9.17, 15) is 24.0 Å². The first-order valence-electron chi connectivity index (χ1n) is 11.4. The van der Waals surface area contributed by atoms with Crippen molar-refractivity contribution in [3.8, 4) is 0 Å². The lowest BCUT2D eigenvalue weighted by Crippen LogP contribution is -2.71. The number of amides is 3. The highest BCUT2D eigenvalue weighted by Gasteiger charge is 2.55. The molecule has 0 spiro atoms. The molecule has 1 saturated heterocycles. The van der Waals surface area contributed by atoms with E-state index in [-0.39, 0.29) is 28.8 Å². The fourth-order valence-corrected chi connectivity index (χ4v) is 5.53. The third-order valence-electron chi connectivity index (χ3n) is 5.04. The van der Waals surface area contributed by atoms with E-state index in [0.717, 1.165) is 11.3 Å². The molecule has 3 rings (SSSR count). The van der Waals surface area contributed by atoms with Crippen LogP contribution >= 0.6 is 23.1 Å². The van der Waals surface area contributed by atoms with Gasteiger partial charge in [0.05, 0.1) is 12.7 Å². The van der Waals surface area contributed by atoms with Gasteiger partial charge in [0.15, 0.2) is 10.8 Å². The van der Waals surface area contributed by atoms with Gasteiger partial charge in [-0.3, -0.25) is 19.3 Å². The first-order chi connectivity index (χ1) is 18.6. The number of hydrogen-bond acceptors (Lipinski definition) is 14. The minimum atomic E-state index is -1.30. The number of esters is 1. The molecular formula is C22H27N5O10S2. The van der Waals surface area contributed by atoms with Crippen LogP contribution in [0.25, 0.3) is 0 Å². The molecule has 17 heteroatoms. The summed E-state index contributed by atoms with van der Waals surface area (Å²) in [5, 5.41) is 9.77. The van der Waals surface area contributed by atoms with Gasteiger partial charge >= 0.3 is 12.1 Å². The molecule has 3 amide bonds. The number of ether oxygens (including phenoxy) is 4. The molecule has 0 aliphatic carbocycles. The number of thioether (sulfide) groups is 1. The Kier molecular flexibility index (Phi) is 10.2. The van der Waals surface area contributed by atoms with Gasteiger partial charge in [-0.25, -0.2) is 14.6 Å². The van der Waals surface area contributed by atoms with Crippen LogP contribution in [0.3, 0.4) is 0 Å². The number of rotatable bonds is 12. The zero-order valence-electron chi connectivity index (χ0n) is 21.6. The minimum absolute atomic E-state index is 0.0429. The predicted molar refractivity (Wildman–Crippen MR) is 138 cm³/mol. The van der Waals surface area contributed by atoms with E-state index in [4.69, 9.17) is 23.8 Å². The van der Waals surface area contributed by atoms with Gasteiger partial charge in [-0.2, -0.15) is 0 Å². The molecule has 0 saturated carbocycles. The molecule has 39 heavy (non-hydrogen) atoms. The number of oxime groups is 1. The van der Waals surface area contributed by atoms with Gasteiger partial charge in [-0.05, 0) is 19.4 Å². The van der Waals surface area contributed by atoms with E-state index in [1.807, 2.05) is 0 Å². The van der Waals surface area contributed by atoms with Crippen LogP contribution in [0.1, 0.15) is 26.5 Å². The molecule has 1 aromatic rings. The van der Waals surface area contributed by atoms with Crippen molar-refractivity contribution in [1.82, 2.24) is 15.2 Å². The topological polar surface area (TPSA) is 184 Å². The third-order valence-corrected chi connectivity index (χ3v) is 7.15. The van der Waals surface area contributed by atoms with Gasteiger partial charge in [-0.1, -0.05) is 5.16 Å². The number of carbonyl (C=O) groups excluding carboxylic acids is 5. The third kappa shape index (κ3) is 7.04. The molecule has 1 fully saturated rings. The Morgan fingerprint density at radius 1 is 1.23 bits per heavy atom. The van der Waals surface area contributed by atoms with Crippen molar-refractivity contribution in [1.29, 1.82) is 0 Å². The van der Waals surface area contributed by atoms with Crippen molar-refractivity contribution in [2.45, 2.75) is 44.6 Å². The molecule has 0 aromatic carbocycles. The average Bonchev–Trinajstić information content (AvgIpc) is 3.33. The molecular weight excluding hydrogens is 558 g/mol. The molecule has 212 valence electrons. The maximum atomic E-state index is 13.2. The fraction of sp³-hybridized carbons (Fsp3) is 0.500. The summed E-state index contributed by atoms with van der Waals surface area (Å²) < 4.78 is 20.2. The van der Waals surface area contributed by atoms with E-state index in [1.54, 1.807) is 13.8 Å². The summed E-state index contributed by atoms with van der Waals surface area (Å²) in [6.45, 7) is 4.64. The van der Waals surface area contributed by atoms with Crippen LogP contribution in [-0.4, -0.2) is 96.3 Å². The van der Waals surface area contributed by atoms with Gasteiger partial charge in [0, 0.05) is 25.2 Å². The summed E-state index contributed by atoms with van der Waals surface area (Å²) in [5.74, 6) is -1.93. The van der Waals surface area contributed by atoms with Gasteiger partial charge < -0.3 is 34.4 Å². The molecule has 2 aliphatic heterocycles. The van der Waals surface area contributed by atoms with Gasteiger partial charge in [0.1, 0.15) is 29.9 Å². The lowest BCUT2D eigenvalue weighted by molar-refractivity contribution is -0.169. The first-order valence-corrected chi connectivity index (χ1v) is 13.4. The second kappa shape index (κ2) is 13.4. The Bertz CT molecular complexity index is 1180. The maximum Gasteiger partial charge on any atom is 0.511 e. The first kappa shape index (κ1) is 29.9. The number of aromatic nitrogens is 1. The lowest BCUT2D eigenvalue weighted by atomic mass is 10.0. The second-order valence-corrected chi connectivity index (χ2v) is 10.1. The van der Waals surface area contributed by atoms with Crippen LogP contribution in [0.5, 0.6) is 0 Å². The predicted octanol–water partition coefficient (Wildman–Crippen LogP) is 0.813. The number of methoxy groups -OCH3 is 1. The quantitative estimate of drug-likeness (QED) is 0.0880. The van der Waals surface area contributed by atoms with Gasteiger partial charge in [-0.15, -0.1) is 23.1 Å². The van der Waals surface area contributed by atoms with E-state index in [1.165, 1.54) is 43.2 Å². The van der Waals surface area contributed by atoms with Gasteiger partial charge in [0.25, 0.3) is 11.8 Å². The Balaban J connectivity index is 1.74. The van der Waals surface area contributed by atoms with Crippen molar-refractivity contribution < 1.29 is 47.8 Å². The molecule has 0 bridgehead atoms. The number of nitrogens with one attached hydrogen (secondary N) is 2. The van der Waals surface area contributed by atoms with Crippen molar-refractivity contribution >= 4 is 64.3 Å². The SMILES string of the molecule is COCC1=C(C(=O)OC(C)OC(=O)OC(C)C)N2C(=O)[C@@H](NC(=O)C(=NOC)c3csc(NC=O)n3)C2SC1. The highest BCUT2D eigenvalue weighted by Crippen LogP contribution is 2.41. The summed E-state index contributed by atoms with van der Waals surface area (Å²) >= 11 is 2.37. The molecule has 15 nitrogen and oxygen atoms in total. The minimum Gasteiger partial charge on any atom is -0.431 e. The summed E-state index contributed by atoms with van der Waals surface area (Å²) in [5.41, 5.74) is 0.339. The second-order valence-electron chi connectivity index (χ2n) is 8.18. The van der Waals surface area contributed by atoms with Crippen LogP contribution in [0.4, 0.5) is 9.93 Å². The van der Waals surface area contributed by atoms with Crippen LogP contribution in [-0.2, 0) is 43.0 Å². The summed E-state index contributed by atoms with van der Waals surface area (Å²) in [6.07, 6.45) is -2.31. The molecule has 0 radical (unpaired) electrons. The highest BCUT2D eigenvalue weighted by atomic mass is 32.2. The molecule has 2 N–H and O–H groups in total. The molecule has 1 aromatic heterocycles. The molecule has 2 aliphatic rings. The molecule has 2 unspecified atom stereocenters. The zero-order chi connectivity index (χ0) is 28.7. The largest absolute Gasteiger partial charge is 0.511 e. The van der Waals surface area contributed by atoms with Gasteiger partial charge in [0.2, 0.25) is 12.7 Å². The van der Waals surface area contributed by atoms with Crippen molar-refractivity contribution in [2.75, 3.05) is 31.9 Å². The van der Waals surface area contributed by atoms with Crippen LogP contribution in [0.2, 0.25) is 0 Å². The Labute approximate surface area is 231 Å². The highest BCUT2D eigenvalue weighted by molar-refractivity contribution is 8.00. The number of anilines is 1. The lowest BCUT2D eigenvalue weighted by Gasteiger charge is -2.49. The number of hydrogen-bond donors (Lipinski definition) is 2. The number of fused-ring (bicyclic) bond motifs is 1. The smallest absolute Gasteiger partial charge is 0.431 e. The monoisotopic (exact) mass is 585 g/mol. The van der Waals surface area contributed by atoms with E-state index in [0.29, 0.717) is 17.7 Å². The van der Waals surface area contributed by atoms with E-state index in [2.05, 4.69) is 20.8 Å². The molecule has 3 heterocycles. The van der Waals surface area contributed by atoms with E-state index >= 15 is 0 Å². The number of β-lactam (4-membered cyclic amide) rings is 1. The Hall–Kier alpha value is -3.70. The Morgan fingerprint density at radius 3 is 2.62 bits per heavy atom. The zero-order valence-corrected chi connectivity index (χ0v) is 23.3. The fourth-order valence-electron chi connectivity index (χ4n) is 3.55. The summed E-state index contributed by atoms with van der Waals surface area (Å²) in [7, 11) is 2.68. The van der Waals surface area contributed by atoms with Crippen molar-refractivity contribution in [3.63, 3.8) is 0 Å². The van der Waals surface area contributed by atoms with Crippen LogP contribution in [0, 0.1) is 0 Å². The average molecular weight is 586 g/mol. The van der Waals surface area contributed by atoms with Crippen molar-refractivity contribution in [2.24, 2.45) is 5.16 Å². The van der Waals surface area contributed by atoms with Crippen LogP contribution < -0.4 is 10.6 Å². The summed E-state index contributed by atoms with van der Waals surface area (Å²) in [4.78, 5) is 71.7. The standard InChI is InChI=1S/C22H27N5O10S2/c1-10(2)35-22(32)37-11(3)36-20(31)16-12(6-33-4)7-38-19-15(18(30)27(16)19)25-17(29)14(26-34-5)13-8-39-21(24-13)23-9-28/h8-11,15,19H,6-7H2,1-5H3,(H,25,29)(H,23,24,28)/t11?,15-,19?/m1/s1. The number of thiazole rings is 1. The number of carbonyl (C=O) groups is 5. The van der Waals surface area contributed by atoms with Crippen molar-refractivity contribution in [3.05, 3.63) is 22.3 Å². The number of nitrogens with zero attached hydrogens (tertiary/aromatic N) is 3. The Morgan fingerprint density at radius 2 is 1.97 bits per heavy atom. The maximum absolute atomic E-state index is 13.2. The normalized spacial score (nSPS) is 19.5. The van der Waals surface area contributed by atoms with E-state index < -0.39 is 47.7 Å². The summed E-state index contributed by atoms with van der Waals surface area (Å²) in [6, 6.07) is -1.00.